The molecule has 1 heterocycles. The highest BCUT2D eigenvalue weighted by Crippen LogP contribution is 2.34. The molecule has 0 bridgehead atoms. The Morgan fingerprint density at radius 3 is 2.84 bits per heavy atom. The number of carbonyl (C=O) groups excluding carboxylic acids is 1. The third kappa shape index (κ3) is 4.57. The summed E-state index contributed by atoms with van der Waals surface area (Å²) in [5.41, 5.74) is 0.610. The van der Waals surface area contributed by atoms with Crippen molar-refractivity contribution in [1.82, 2.24) is 14.8 Å². The number of nitrogens with zero attached hydrogens (tertiary/aromatic N) is 3. The first kappa shape index (κ1) is 18.7. The SMILES string of the molecule is CCn1c(SCC(=O)Nc2ccc(Br)cc2Cl)nnc1C1CCCC1. The molecule has 3 rings (SSSR count). The van der Waals surface area contributed by atoms with Gasteiger partial charge in [0.15, 0.2) is 5.16 Å². The molecule has 1 aromatic heterocycles. The van der Waals surface area contributed by atoms with E-state index >= 15 is 0 Å². The van der Waals surface area contributed by atoms with E-state index in [4.69, 9.17) is 11.6 Å². The number of rotatable bonds is 6. The van der Waals surface area contributed by atoms with Crippen LogP contribution in [0.1, 0.15) is 44.3 Å². The molecule has 25 heavy (non-hydrogen) atoms. The Morgan fingerprint density at radius 2 is 2.16 bits per heavy atom. The van der Waals surface area contributed by atoms with Crippen molar-refractivity contribution in [3.8, 4) is 0 Å². The molecule has 0 unspecified atom stereocenters. The van der Waals surface area contributed by atoms with Crippen LogP contribution in [0.15, 0.2) is 27.8 Å². The predicted octanol–water partition coefficient (Wildman–Crippen LogP) is 5.10. The molecule has 134 valence electrons. The molecule has 1 saturated carbocycles. The highest BCUT2D eigenvalue weighted by Gasteiger charge is 2.24. The molecule has 5 nitrogen and oxygen atoms in total. The first-order valence-corrected chi connectivity index (χ1v) is 10.5. The summed E-state index contributed by atoms with van der Waals surface area (Å²) in [6.45, 7) is 2.91. The molecule has 2 aromatic rings. The second-order valence-corrected chi connectivity index (χ2v) is 8.29. The van der Waals surface area contributed by atoms with Crippen LogP contribution in [0.5, 0.6) is 0 Å². The lowest BCUT2D eigenvalue weighted by Crippen LogP contribution is -2.15. The van der Waals surface area contributed by atoms with Gasteiger partial charge in [-0.1, -0.05) is 52.1 Å². The van der Waals surface area contributed by atoms with E-state index in [0.717, 1.165) is 22.0 Å². The fraction of sp³-hybridized carbons (Fsp3) is 0.471. The summed E-state index contributed by atoms with van der Waals surface area (Å²) >= 11 is 10.9. The molecule has 1 aliphatic rings. The lowest BCUT2D eigenvalue weighted by atomic mass is 10.1. The van der Waals surface area contributed by atoms with E-state index in [9.17, 15) is 4.79 Å². The molecular formula is C17H20BrClN4OS. The van der Waals surface area contributed by atoms with Crippen LogP contribution in [-0.4, -0.2) is 26.4 Å². The first-order valence-electron chi connectivity index (χ1n) is 8.39. The van der Waals surface area contributed by atoms with Gasteiger partial charge in [-0.2, -0.15) is 0 Å². The Hall–Kier alpha value is -1.05. The molecule has 1 amide bonds. The second-order valence-electron chi connectivity index (χ2n) is 6.03. The molecule has 0 spiro atoms. The molecule has 0 atom stereocenters. The van der Waals surface area contributed by atoms with Gasteiger partial charge >= 0.3 is 0 Å². The topological polar surface area (TPSA) is 59.8 Å². The van der Waals surface area contributed by atoms with Crippen molar-refractivity contribution in [1.29, 1.82) is 0 Å². The number of benzene rings is 1. The van der Waals surface area contributed by atoms with Crippen LogP contribution >= 0.6 is 39.3 Å². The minimum absolute atomic E-state index is 0.109. The van der Waals surface area contributed by atoms with Crippen molar-refractivity contribution in [2.45, 2.75) is 50.2 Å². The van der Waals surface area contributed by atoms with Crippen LogP contribution in [0.25, 0.3) is 0 Å². The Bertz CT molecular complexity index is 761. The maximum Gasteiger partial charge on any atom is 0.234 e. The first-order chi connectivity index (χ1) is 12.1. The van der Waals surface area contributed by atoms with E-state index in [2.05, 4.69) is 42.9 Å². The maximum atomic E-state index is 12.2. The van der Waals surface area contributed by atoms with Gasteiger partial charge in [-0.15, -0.1) is 10.2 Å². The molecule has 0 saturated heterocycles. The average Bonchev–Trinajstić information content (AvgIpc) is 3.24. The van der Waals surface area contributed by atoms with Gasteiger partial charge in [-0.25, -0.2) is 0 Å². The van der Waals surface area contributed by atoms with E-state index < -0.39 is 0 Å². The third-order valence-electron chi connectivity index (χ3n) is 4.32. The highest BCUT2D eigenvalue weighted by atomic mass is 79.9. The van der Waals surface area contributed by atoms with Crippen LogP contribution in [0.3, 0.4) is 0 Å². The number of halogens is 2. The Kier molecular flexibility index (Phi) is 6.41. The molecular weight excluding hydrogens is 424 g/mol. The quantitative estimate of drug-likeness (QED) is 0.631. The van der Waals surface area contributed by atoms with Crippen LogP contribution in [0.4, 0.5) is 5.69 Å². The molecule has 8 heteroatoms. The fourth-order valence-corrected chi connectivity index (χ4v) is 4.63. The summed E-state index contributed by atoms with van der Waals surface area (Å²) in [5.74, 6) is 1.74. The lowest BCUT2D eigenvalue weighted by molar-refractivity contribution is -0.113. The molecule has 1 fully saturated rings. The number of nitrogens with one attached hydrogen (secondary N) is 1. The van der Waals surface area contributed by atoms with Gasteiger partial charge in [-0.3, -0.25) is 4.79 Å². The summed E-state index contributed by atoms with van der Waals surface area (Å²) in [7, 11) is 0. The largest absolute Gasteiger partial charge is 0.324 e. The van der Waals surface area contributed by atoms with Gasteiger partial charge < -0.3 is 9.88 Å². The van der Waals surface area contributed by atoms with Gasteiger partial charge in [0.1, 0.15) is 5.82 Å². The number of carbonyl (C=O) groups is 1. The number of hydrogen-bond donors (Lipinski definition) is 1. The van der Waals surface area contributed by atoms with Crippen LogP contribution < -0.4 is 5.32 Å². The molecule has 1 aliphatic carbocycles. The van der Waals surface area contributed by atoms with Crippen LogP contribution in [-0.2, 0) is 11.3 Å². The predicted molar refractivity (Wildman–Crippen MR) is 105 cm³/mol. The van der Waals surface area contributed by atoms with Crippen molar-refractivity contribution in [3.63, 3.8) is 0 Å². The Morgan fingerprint density at radius 1 is 1.40 bits per heavy atom. The third-order valence-corrected chi connectivity index (χ3v) is 6.09. The molecule has 0 radical (unpaired) electrons. The second kappa shape index (κ2) is 8.56. The van der Waals surface area contributed by atoms with Gasteiger partial charge in [-0.05, 0) is 38.0 Å². The van der Waals surface area contributed by atoms with E-state index in [1.54, 1.807) is 12.1 Å². The summed E-state index contributed by atoms with van der Waals surface area (Å²) in [6, 6.07) is 5.38. The zero-order valence-electron chi connectivity index (χ0n) is 14.0. The molecule has 1 aromatic carbocycles. The van der Waals surface area contributed by atoms with Crippen LogP contribution in [0, 0.1) is 0 Å². The van der Waals surface area contributed by atoms with E-state index in [1.807, 2.05) is 6.07 Å². The summed E-state index contributed by atoms with van der Waals surface area (Å²) < 4.78 is 3.01. The van der Waals surface area contributed by atoms with Crippen molar-refractivity contribution in [2.75, 3.05) is 11.1 Å². The number of anilines is 1. The van der Waals surface area contributed by atoms with E-state index in [1.165, 1.54) is 37.4 Å². The summed E-state index contributed by atoms with van der Waals surface area (Å²) in [5, 5.41) is 12.8. The zero-order valence-corrected chi connectivity index (χ0v) is 17.1. The van der Waals surface area contributed by atoms with Gasteiger partial charge in [0, 0.05) is 16.9 Å². The Balaban J connectivity index is 1.62. The van der Waals surface area contributed by atoms with Crippen molar-refractivity contribution >= 4 is 50.9 Å². The number of hydrogen-bond acceptors (Lipinski definition) is 4. The minimum Gasteiger partial charge on any atom is -0.324 e. The summed E-state index contributed by atoms with van der Waals surface area (Å²) in [6.07, 6.45) is 4.90. The number of amides is 1. The Labute approximate surface area is 165 Å². The number of thioether (sulfide) groups is 1. The smallest absolute Gasteiger partial charge is 0.234 e. The van der Waals surface area contributed by atoms with Gasteiger partial charge in [0.05, 0.1) is 16.5 Å². The summed E-state index contributed by atoms with van der Waals surface area (Å²) in [4.78, 5) is 12.2. The monoisotopic (exact) mass is 442 g/mol. The lowest BCUT2D eigenvalue weighted by Gasteiger charge is -2.11. The van der Waals surface area contributed by atoms with Gasteiger partial charge in [0.25, 0.3) is 0 Å². The standard InChI is InChI=1S/C17H20BrClN4OS/c1-2-23-16(11-5-3-4-6-11)21-22-17(23)25-10-15(24)20-14-8-7-12(18)9-13(14)19/h7-9,11H,2-6,10H2,1H3,(H,20,24). The van der Waals surface area contributed by atoms with Gasteiger partial charge in [0.2, 0.25) is 5.91 Å². The normalized spacial score (nSPS) is 14.8. The molecule has 0 aliphatic heterocycles. The van der Waals surface area contributed by atoms with E-state index in [0.29, 0.717) is 16.6 Å². The van der Waals surface area contributed by atoms with Crippen molar-refractivity contribution in [3.05, 3.63) is 33.5 Å². The van der Waals surface area contributed by atoms with E-state index in [-0.39, 0.29) is 11.7 Å². The van der Waals surface area contributed by atoms with Crippen molar-refractivity contribution < 1.29 is 4.79 Å². The fourth-order valence-electron chi connectivity index (χ4n) is 3.10. The van der Waals surface area contributed by atoms with Crippen LogP contribution in [0.2, 0.25) is 5.02 Å². The van der Waals surface area contributed by atoms with Crippen molar-refractivity contribution in [2.24, 2.45) is 0 Å². The number of aromatic nitrogens is 3. The highest BCUT2D eigenvalue weighted by molar-refractivity contribution is 9.10. The zero-order chi connectivity index (χ0) is 17.8. The average molecular weight is 444 g/mol. The minimum atomic E-state index is -0.109. The molecule has 1 N–H and O–H groups in total. The maximum absolute atomic E-state index is 12.2.